The Morgan fingerprint density at radius 2 is 0.276 bits per heavy atom. The van der Waals surface area contributed by atoms with Crippen molar-refractivity contribution in [3.8, 4) is 137 Å². The van der Waals surface area contributed by atoms with Crippen LogP contribution in [0, 0.1) is 0 Å². The molecule has 0 amide bonds. The van der Waals surface area contributed by atoms with Gasteiger partial charge in [-0.1, -0.05) is 347 Å². The van der Waals surface area contributed by atoms with Crippen molar-refractivity contribution in [2.45, 2.75) is 156 Å². The monoisotopic (exact) mass is 1900 g/mol. The highest BCUT2D eigenvalue weighted by Crippen LogP contribution is 2.45. The Kier molecular flexibility index (Phi) is 28.3. The number of hydrogen-bond acceptors (Lipinski definition) is 20. The Morgan fingerprint density at radius 1 is 0.157 bits per heavy atom. The van der Waals surface area contributed by atoms with E-state index >= 15 is 0 Å². The molecule has 8 heterocycles. The first-order valence-electron chi connectivity index (χ1n) is 44.7. The molecule has 4 aliphatic rings. The highest BCUT2D eigenvalue weighted by atomic mass is 79.9. The van der Waals surface area contributed by atoms with Gasteiger partial charge in [-0.2, -0.15) is 0 Å². The molecule has 0 aliphatic carbocycles. The first-order chi connectivity index (χ1) is 64.1. The normalized spacial score (nSPS) is 16.5. The fraction of sp³-hybridized carbons (Fsp3) is 0.222. The maximum atomic E-state index is 6.19. The minimum Gasteiger partial charge on any atom is -0.405 e. The topological polar surface area (TPSA) is 229 Å². The molecule has 4 fully saturated rings. The molecule has 0 atom stereocenters. The zero-order valence-electron chi connectivity index (χ0n) is 78.0. The Labute approximate surface area is 803 Å². The summed E-state index contributed by atoms with van der Waals surface area (Å²) in [4.78, 5) is 56.8. The fourth-order valence-electron chi connectivity index (χ4n) is 14.5. The third-order valence-corrected chi connectivity index (χ3v) is 26.2. The van der Waals surface area contributed by atoms with Crippen LogP contribution >= 0.6 is 31.9 Å². The van der Waals surface area contributed by atoms with Gasteiger partial charge in [-0.05, 0) is 146 Å². The van der Waals surface area contributed by atoms with Crippen LogP contribution in [0.15, 0.2) is 349 Å². The fourth-order valence-corrected chi connectivity index (χ4v) is 15.0. The molecule has 20 rings (SSSR count). The van der Waals surface area contributed by atoms with Crippen LogP contribution in [0.1, 0.15) is 111 Å². The SMILES string of the molecule is Brc1ccc(-c2nc(-c3ccccc3)nc(-c3ccccc3)n2)cc1.Brc1ccc(-c2nc(-c3ccccc3)nc(-c3ccccc3)n2)cc1.CC1(C)OB(B2OC(C)(C)C(C)(C)O2)OC1(C)C.CC1(C)OB(c2ccc(-c3nc(-c4ccccc4)nc(-c4ccccc4)n3)cc2)OC1(C)C.CC1(C)OB(c2ccc(-c3nc(-c4ccccc4)nc(-c4ccccc4)n3)cc2)OC1(C)C. The number of halogens is 2. The summed E-state index contributed by atoms with van der Waals surface area (Å²) in [5.74, 6) is 7.87. The summed E-state index contributed by atoms with van der Waals surface area (Å²) in [6.45, 7) is 32.7. The molecule has 0 unspecified atom stereocenters. The molecule has 0 spiro atoms. The molecular weight excluding hydrogens is 1800 g/mol. The lowest BCUT2D eigenvalue weighted by molar-refractivity contribution is 0.00578. The van der Waals surface area contributed by atoms with Crippen molar-refractivity contribution in [3.05, 3.63) is 349 Å². The molecule has 0 N–H and O–H groups in total. The third kappa shape index (κ3) is 22.1. The van der Waals surface area contributed by atoms with Crippen LogP contribution in [-0.4, -0.2) is 133 Å². The zero-order chi connectivity index (χ0) is 94.2. The average Bonchev–Trinajstić information content (AvgIpc) is 1.60. The lowest BCUT2D eigenvalue weighted by Gasteiger charge is -2.32. The van der Waals surface area contributed by atoms with E-state index < -0.39 is 28.3 Å². The van der Waals surface area contributed by atoms with Gasteiger partial charge in [0, 0.05) is 75.7 Å². The number of aromatic nitrogens is 12. The summed E-state index contributed by atoms with van der Waals surface area (Å²) in [6.07, 6.45) is 0. The van der Waals surface area contributed by atoms with Crippen molar-refractivity contribution in [3.63, 3.8) is 0 Å². The first kappa shape index (κ1) is 94.8. The van der Waals surface area contributed by atoms with Crippen molar-refractivity contribution in [2.24, 2.45) is 0 Å². The van der Waals surface area contributed by atoms with Gasteiger partial charge in [0.2, 0.25) is 0 Å². The predicted octanol–water partition coefficient (Wildman–Crippen LogP) is 23.9. The van der Waals surface area contributed by atoms with Gasteiger partial charge in [-0.3, -0.25) is 0 Å². The van der Waals surface area contributed by atoms with Gasteiger partial charge in [0.15, 0.2) is 69.9 Å². The van der Waals surface area contributed by atoms with Crippen LogP contribution in [0.2, 0.25) is 0 Å². The lowest BCUT2D eigenvalue weighted by Crippen LogP contribution is -2.41. The van der Waals surface area contributed by atoms with Crippen LogP contribution < -0.4 is 10.9 Å². The van der Waals surface area contributed by atoms with E-state index in [1.54, 1.807) is 0 Å². The Balaban J connectivity index is 0.000000124. The molecule has 0 saturated carbocycles. The molecule has 4 aliphatic heterocycles. The lowest BCUT2D eigenvalue weighted by atomic mass is 9.49. The zero-order valence-corrected chi connectivity index (χ0v) is 81.2. The van der Waals surface area contributed by atoms with Gasteiger partial charge in [0.25, 0.3) is 0 Å². The van der Waals surface area contributed by atoms with Crippen LogP contribution in [-0.2, 0) is 37.2 Å². The van der Waals surface area contributed by atoms with E-state index in [-0.39, 0.29) is 44.8 Å². The average molecular weight is 1900 g/mol. The van der Waals surface area contributed by atoms with E-state index in [4.69, 9.17) is 87.1 Å². The Bertz CT molecular complexity index is 5970. The van der Waals surface area contributed by atoms with Gasteiger partial charge in [0.05, 0.1) is 44.8 Å². The molecule has 4 aromatic heterocycles. The van der Waals surface area contributed by atoms with Gasteiger partial charge >= 0.3 is 28.3 Å². The van der Waals surface area contributed by atoms with E-state index in [2.05, 4.69) is 97.2 Å². The van der Waals surface area contributed by atoms with Crippen molar-refractivity contribution in [2.75, 3.05) is 0 Å². The maximum Gasteiger partial charge on any atom is 0.494 e. The van der Waals surface area contributed by atoms with Gasteiger partial charge in [-0.25, -0.2) is 59.8 Å². The number of nitrogens with zero attached hydrogens (tertiary/aromatic N) is 12. The van der Waals surface area contributed by atoms with Crippen LogP contribution in [0.25, 0.3) is 137 Å². The van der Waals surface area contributed by atoms with Crippen LogP contribution in [0.4, 0.5) is 0 Å². The quantitative estimate of drug-likeness (QED) is 0.0869. The second-order valence-electron chi connectivity index (χ2n) is 36.8. The smallest absolute Gasteiger partial charge is 0.405 e. The Hall–Kier alpha value is -12.4. The summed E-state index contributed by atoms with van der Waals surface area (Å²) in [5, 5.41) is 0. The van der Waals surface area contributed by atoms with Crippen molar-refractivity contribution in [1.29, 1.82) is 0 Å². The number of benzene rings is 12. The molecule has 0 bridgehead atoms. The van der Waals surface area contributed by atoms with E-state index in [0.29, 0.717) is 69.9 Å². The summed E-state index contributed by atoms with van der Waals surface area (Å²) in [7, 11) is -1.75. The minimum atomic E-state index is -0.476. The molecule has 12 aromatic carbocycles. The molecule has 670 valence electrons. The van der Waals surface area contributed by atoms with Crippen molar-refractivity contribution in [1.82, 2.24) is 59.8 Å². The highest BCUT2D eigenvalue weighted by Gasteiger charge is 2.64. The molecule has 20 nitrogen and oxygen atoms in total. The van der Waals surface area contributed by atoms with Gasteiger partial charge in [-0.15, -0.1) is 0 Å². The van der Waals surface area contributed by atoms with Crippen LogP contribution in [0.3, 0.4) is 0 Å². The van der Waals surface area contributed by atoms with Crippen molar-refractivity contribution < 1.29 is 37.2 Å². The molecule has 16 aromatic rings. The molecule has 0 radical (unpaired) electrons. The largest absolute Gasteiger partial charge is 0.494 e. The molecular formula is C108H104B4Br2N12O8. The van der Waals surface area contributed by atoms with E-state index in [0.717, 1.165) is 86.6 Å². The second kappa shape index (κ2) is 40.0. The minimum absolute atomic E-state index is 0.360. The van der Waals surface area contributed by atoms with E-state index in [9.17, 15) is 0 Å². The van der Waals surface area contributed by atoms with E-state index in [1.165, 1.54) is 0 Å². The Morgan fingerprint density at radius 3 is 0.418 bits per heavy atom. The molecule has 4 saturated heterocycles. The van der Waals surface area contributed by atoms with Crippen molar-refractivity contribution >= 4 is 71.0 Å². The van der Waals surface area contributed by atoms with E-state index in [1.807, 2.05) is 395 Å². The number of hydrogen-bond donors (Lipinski definition) is 0. The summed E-state index contributed by atoms with van der Waals surface area (Å²) in [5.41, 5.74) is 10.4. The highest BCUT2D eigenvalue weighted by molar-refractivity contribution is 9.10. The summed E-state index contributed by atoms with van der Waals surface area (Å²) < 4.78 is 50.6. The van der Waals surface area contributed by atoms with Gasteiger partial charge < -0.3 is 37.2 Å². The molecule has 134 heavy (non-hydrogen) atoms. The number of rotatable bonds is 15. The molecule has 26 heteroatoms. The summed E-state index contributed by atoms with van der Waals surface area (Å²) in [6, 6.07) is 112. The second-order valence-corrected chi connectivity index (χ2v) is 38.7. The third-order valence-electron chi connectivity index (χ3n) is 25.2. The standard InChI is InChI=1S/2C27H26BN3O2.2C21H14BrN3.C12H24B2O4/c2*1-26(2)27(3,4)33-28(32-26)22-17-15-21(16-18-22)25-30-23(19-11-7-5-8-12-19)29-24(31-25)20-13-9-6-10-14-20;2*22-18-13-11-17(12-14-18)21-24-19(15-7-3-1-4-8-15)23-20(25-21)16-9-5-2-6-10-16;1-9(2)10(3,4)16-13(15-9)14-17-11(5,6)12(7,8)18-14/h2*5-18H,1-4H3;2*1-14H;1-8H3. The predicted molar refractivity (Wildman–Crippen MR) is 544 cm³/mol. The van der Waals surface area contributed by atoms with Crippen LogP contribution in [0.5, 0.6) is 0 Å². The van der Waals surface area contributed by atoms with Gasteiger partial charge in [0.1, 0.15) is 0 Å². The first-order valence-corrected chi connectivity index (χ1v) is 46.3. The summed E-state index contributed by atoms with van der Waals surface area (Å²) >= 11 is 6.93. The maximum absolute atomic E-state index is 6.19.